The van der Waals surface area contributed by atoms with Crippen LogP contribution in [0.3, 0.4) is 0 Å². The lowest BCUT2D eigenvalue weighted by Crippen LogP contribution is -2.31. The molecular weight excluding hydrogens is 144 g/mol. The van der Waals surface area contributed by atoms with Gasteiger partial charge in [0.15, 0.2) is 5.60 Å². The van der Waals surface area contributed by atoms with Gasteiger partial charge in [-0.3, -0.25) is 0 Å². The predicted octanol–water partition coefficient (Wildman–Crippen LogP) is 0.322. The van der Waals surface area contributed by atoms with Gasteiger partial charge in [-0.2, -0.15) is 0 Å². The zero-order valence-corrected chi connectivity index (χ0v) is 6.92. The van der Waals surface area contributed by atoms with Crippen molar-refractivity contribution in [3.8, 4) is 12.3 Å². The fraction of sp³-hybridized carbons (Fsp3) is 0.625. The molecule has 3 nitrogen and oxygen atoms in total. The Balaban J connectivity index is 4.08. The molecule has 1 unspecified atom stereocenters. The van der Waals surface area contributed by atoms with E-state index in [0.29, 0.717) is 0 Å². The molecule has 0 saturated heterocycles. The lowest BCUT2D eigenvalue weighted by atomic mass is 10.1. The summed E-state index contributed by atoms with van der Waals surface area (Å²) in [6.45, 7) is 4.48. The highest BCUT2D eigenvalue weighted by molar-refractivity contribution is 5.74. The van der Waals surface area contributed by atoms with Gasteiger partial charge in [-0.15, -0.1) is 6.42 Å². The topological polar surface area (TPSA) is 46.5 Å². The molecule has 0 aliphatic rings. The normalized spacial score (nSPS) is 13.4. The summed E-state index contributed by atoms with van der Waals surface area (Å²) in [4.78, 5) is 10.7. The van der Waals surface area contributed by atoms with Crippen molar-refractivity contribution in [1.29, 1.82) is 0 Å². The van der Waals surface area contributed by atoms with Gasteiger partial charge >= 0.3 is 5.97 Å². The Hall–Kier alpha value is -1.01. The second-order valence-electron chi connectivity index (χ2n) is 2.75. The van der Waals surface area contributed by atoms with Gasteiger partial charge in [-0.05, 0) is 20.8 Å². The first-order chi connectivity index (χ1) is 4.89. The molecule has 0 spiro atoms. The van der Waals surface area contributed by atoms with Crippen LogP contribution in [0.2, 0.25) is 0 Å². The summed E-state index contributed by atoms with van der Waals surface area (Å²) in [7, 11) is 0. The van der Waals surface area contributed by atoms with Crippen LogP contribution in [0, 0.1) is 12.3 Å². The van der Waals surface area contributed by atoms with Crippen molar-refractivity contribution in [2.24, 2.45) is 0 Å². The van der Waals surface area contributed by atoms with Crippen molar-refractivity contribution >= 4 is 5.97 Å². The number of aliphatic hydroxyl groups is 1. The first-order valence-corrected chi connectivity index (χ1v) is 3.28. The standard InChI is InChI=1S/C8H12O3/c1-5-8(3,4)11-7(10)6(2)9/h1,6,9H,2-4H3. The molecule has 0 radical (unpaired) electrons. The third-order valence-electron chi connectivity index (χ3n) is 1.04. The summed E-state index contributed by atoms with van der Waals surface area (Å²) in [5.74, 6) is 1.57. The number of ether oxygens (including phenoxy) is 1. The van der Waals surface area contributed by atoms with E-state index in [-0.39, 0.29) is 0 Å². The van der Waals surface area contributed by atoms with E-state index >= 15 is 0 Å². The minimum Gasteiger partial charge on any atom is -0.445 e. The van der Waals surface area contributed by atoms with Gasteiger partial charge in [-0.25, -0.2) is 4.79 Å². The first-order valence-electron chi connectivity index (χ1n) is 3.28. The number of aliphatic hydroxyl groups excluding tert-OH is 1. The van der Waals surface area contributed by atoms with Gasteiger partial charge in [0.2, 0.25) is 0 Å². The van der Waals surface area contributed by atoms with Gasteiger partial charge < -0.3 is 9.84 Å². The van der Waals surface area contributed by atoms with E-state index in [2.05, 4.69) is 5.92 Å². The van der Waals surface area contributed by atoms with Crippen molar-refractivity contribution in [1.82, 2.24) is 0 Å². The van der Waals surface area contributed by atoms with Crippen LogP contribution in [-0.4, -0.2) is 22.8 Å². The second kappa shape index (κ2) is 3.40. The average molecular weight is 156 g/mol. The van der Waals surface area contributed by atoms with E-state index in [1.807, 2.05) is 0 Å². The molecule has 0 aromatic rings. The summed E-state index contributed by atoms with van der Waals surface area (Å²) in [6.07, 6.45) is 3.92. The lowest BCUT2D eigenvalue weighted by molar-refractivity contribution is -0.160. The highest BCUT2D eigenvalue weighted by Gasteiger charge is 2.21. The second-order valence-corrected chi connectivity index (χ2v) is 2.75. The lowest BCUT2D eigenvalue weighted by Gasteiger charge is -2.19. The van der Waals surface area contributed by atoms with Crippen molar-refractivity contribution in [2.75, 3.05) is 0 Å². The van der Waals surface area contributed by atoms with E-state index in [1.54, 1.807) is 13.8 Å². The van der Waals surface area contributed by atoms with Crippen LogP contribution in [0.15, 0.2) is 0 Å². The monoisotopic (exact) mass is 156 g/mol. The summed E-state index contributed by atoms with van der Waals surface area (Å²) in [5, 5.41) is 8.74. The minimum absolute atomic E-state index is 0.701. The molecule has 0 amide bonds. The maximum atomic E-state index is 10.7. The highest BCUT2D eigenvalue weighted by atomic mass is 16.6. The molecule has 1 atom stereocenters. The van der Waals surface area contributed by atoms with Crippen molar-refractivity contribution in [3.05, 3.63) is 0 Å². The molecular formula is C8H12O3. The largest absolute Gasteiger partial charge is 0.445 e. The van der Waals surface area contributed by atoms with Crippen LogP contribution in [0.4, 0.5) is 0 Å². The van der Waals surface area contributed by atoms with Crippen LogP contribution in [0.25, 0.3) is 0 Å². The van der Waals surface area contributed by atoms with Crippen LogP contribution >= 0.6 is 0 Å². The van der Waals surface area contributed by atoms with E-state index in [9.17, 15) is 4.79 Å². The smallest absolute Gasteiger partial charge is 0.336 e. The highest BCUT2D eigenvalue weighted by Crippen LogP contribution is 2.07. The summed E-state index contributed by atoms with van der Waals surface area (Å²) in [6, 6.07) is 0. The zero-order chi connectivity index (χ0) is 9.07. The van der Waals surface area contributed by atoms with Gasteiger partial charge in [0.25, 0.3) is 0 Å². The van der Waals surface area contributed by atoms with E-state index < -0.39 is 17.7 Å². The number of carbonyl (C=O) groups is 1. The molecule has 0 saturated carbocycles. The van der Waals surface area contributed by atoms with Crippen molar-refractivity contribution in [2.45, 2.75) is 32.5 Å². The SMILES string of the molecule is C#CC(C)(C)OC(=O)C(C)O. The maximum Gasteiger partial charge on any atom is 0.336 e. The average Bonchev–Trinajstić information content (AvgIpc) is 1.87. The van der Waals surface area contributed by atoms with Gasteiger partial charge in [-0.1, -0.05) is 5.92 Å². The summed E-state index contributed by atoms with van der Waals surface area (Å²) < 4.78 is 4.72. The molecule has 0 aromatic heterocycles. The Kier molecular flexibility index (Phi) is 3.09. The number of hydrogen-bond acceptors (Lipinski definition) is 3. The molecule has 0 heterocycles. The Morgan fingerprint density at radius 1 is 1.73 bits per heavy atom. The van der Waals surface area contributed by atoms with Gasteiger partial charge in [0.1, 0.15) is 6.10 Å². The Morgan fingerprint density at radius 2 is 2.18 bits per heavy atom. The summed E-state index contributed by atoms with van der Waals surface area (Å²) in [5.41, 5.74) is -0.936. The Bertz CT molecular complexity index is 186. The molecule has 62 valence electrons. The van der Waals surface area contributed by atoms with E-state index in [1.165, 1.54) is 6.92 Å². The molecule has 11 heavy (non-hydrogen) atoms. The van der Waals surface area contributed by atoms with Gasteiger partial charge in [0.05, 0.1) is 0 Å². The Labute approximate surface area is 66.4 Å². The number of hydrogen-bond donors (Lipinski definition) is 1. The number of rotatable bonds is 2. The first kappa shape index (κ1) is 9.99. The molecule has 0 aliphatic carbocycles. The maximum absolute atomic E-state index is 10.7. The number of carbonyl (C=O) groups excluding carboxylic acids is 1. The molecule has 0 aromatic carbocycles. The molecule has 0 fully saturated rings. The molecule has 0 bridgehead atoms. The summed E-state index contributed by atoms with van der Waals surface area (Å²) >= 11 is 0. The molecule has 3 heteroatoms. The van der Waals surface area contributed by atoms with Crippen molar-refractivity contribution < 1.29 is 14.6 Å². The fourth-order valence-electron chi connectivity index (χ4n) is 0.366. The van der Waals surface area contributed by atoms with E-state index in [0.717, 1.165) is 0 Å². The van der Waals surface area contributed by atoms with Crippen LogP contribution in [-0.2, 0) is 9.53 Å². The third-order valence-corrected chi connectivity index (χ3v) is 1.04. The number of esters is 1. The molecule has 0 aliphatic heterocycles. The van der Waals surface area contributed by atoms with Crippen molar-refractivity contribution in [3.63, 3.8) is 0 Å². The van der Waals surface area contributed by atoms with Crippen LogP contribution in [0.1, 0.15) is 20.8 Å². The fourth-order valence-corrected chi connectivity index (χ4v) is 0.366. The third kappa shape index (κ3) is 3.64. The zero-order valence-electron chi connectivity index (χ0n) is 6.92. The Morgan fingerprint density at radius 3 is 2.45 bits per heavy atom. The quantitative estimate of drug-likeness (QED) is 0.462. The molecule has 0 rings (SSSR count). The van der Waals surface area contributed by atoms with Gasteiger partial charge in [0, 0.05) is 0 Å². The van der Waals surface area contributed by atoms with Crippen LogP contribution < -0.4 is 0 Å². The molecule has 1 N–H and O–H groups in total. The van der Waals surface area contributed by atoms with E-state index in [4.69, 9.17) is 16.3 Å². The predicted molar refractivity (Wildman–Crippen MR) is 40.7 cm³/mol. The minimum atomic E-state index is -1.12. The van der Waals surface area contributed by atoms with Crippen LogP contribution in [0.5, 0.6) is 0 Å². The number of terminal acetylenes is 1.